The molecule has 1 unspecified atom stereocenters. The Hall–Kier alpha value is -1.06. The molecular weight excluding hydrogens is 262 g/mol. The van der Waals surface area contributed by atoms with Gasteiger partial charge in [0.05, 0.1) is 5.41 Å². The molecule has 19 heavy (non-hydrogen) atoms. The van der Waals surface area contributed by atoms with E-state index in [-0.39, 0.29) is 0 Å². The van der Waals surface area contributed by atoms with Gasteiger partial charge in [0.25, 0.3) is 0 Å². The summed E-state index contributed by atoms with van der Waals surface area (Å²) in [6, 6.07) is 7.66. The highest BCUT2D eigenvalue weighted by molar-refractivity contribution is 6.31. The third kappa shape index (κ3) is 4.51. The van der Waals surface area contributed by atoms with E-state index in [4.69, 9.17) is 11.6 Å². The molecule has 0 aromatic heterocycles. The van der Waals surface area contributed by atoms with Crippen LogP contribution < -0.4 is 0 Å². The molecule has 0 saturated heterocycles. The number of rotatable bonds is 7. The minimum Gasteiger partial charge on any atom is -0.481 e. The van der Waals surface area contributed by atoms with E-state index < -0.39 is 11.4 Å². The zero-order valence-electron chi connectivity index (χ0n) is 11.8. The van der Waals surface area contributed by atoms with Crippen LogP contribution in [-0.2, 0) is 11.3 Å². The summed E-state index contributed by atoms with van der Waals surface area (Å²) in [5.74, 6) is -0.736. The first-order chi connectivity index (χ1) is 8.89. The van der Waals surface area contributed by atoms with Gasteiger partial charge in [-0.2, -0.15) is 0 Å². The summed E-state index contributed by atoms with van der Waals surface area (Å²) in [5.41, 5.74) is 0.320. The number of hydrogen-bond donors (Lipinski definition) is 1. The van der Waals surface area contributed by atoms with Crippen LogP contribution in [0.1, 0.15) is 32.3 Å². The summed E-state index contributed by atoms with van der Waals surface area (Å²) in [6.45, 7) is 4.99. The van der Waals surface area contributed by atoms with Gasteiger partial charge in [-0.25, -0.2) is 0 Å². The second-order valence-corrected chi connectivity index (χ2v) is 5.79. The van der Waals surface area contributed by atoms with Gasteiger partial charge in [-0.15, -0.1) is 0 Å². The number of carboxylic acids is 1. The fraction of sp³-hybridized carbons (Fsp3) is 0.533. The number of halogens is 1. The van der Waals surface area contributed by atoms with Crippen molar-refractivity contribution in [3.8, 4) is 0 Å². The van der Waals surface area contributed by atoms with E-state index in [1.165, 1.54) is 0 Å². The van der Waals surface area contributed by atoms with E-state index in [1.54, 1.807) is 0 Å². The average molecular weight is 284 g/mol. The van der Waals surface area contributed by atoms with Crippen LogP contribution in [0, 0.1) is 5.41 Å². The Kier molecular flexibility index (Phi) is 5.83. The molecule has 0 aliphatic heterocycles. The Morgan fingerprint density at radius 1 is 1.42 bits per heavy atom. The van der Waals surface area contributed by atoms with E-state index in [0.717, 1.165) is 17.0 Å². The first-order valence-electron chi connectivity index (χ1n) is 6.54. The molecule has 1 rings (SSSR count). The number of aliphatic carboxylic acids is 1. The van der Waals surface area contributed by atoms with Gasteiger partial charge in [-0.3, -0.25) is 4.79 Å². The molecule has 0 fully saturated rings. The molecule has 1 aromatic carbocycles. The van der Waals surface area contributed by atoms with Gasteiger partial charge < -0.3 is 10.0 Å². The van der Waals surface area contributed by atoms with Crippen LogP contribution in [0.15, 0.2) is 24.3 Å². The van der Waals surface area contributed by atoms with E-state index in [1.807, 2.05) is 50.1 Å². The number of nitrogens with zero attached hydrogens (tertiary/aromatic N) is 1. The summed E-state index contributed by atoms with van der Waals surface area (Å²) in [7, 11) is 1.93. The van der Waals surface area contributed by atoms with Crippen LogP contribution in [0.3, 0.4) is 0 Å². The normalized spacial score (nSPS) is 14.4. The molecule has 3 nitrogen and oxygen atoms in total. The fourth-order valence-corrected chi connectivity index (χ4v) is 2.57. The van der Waals surface area contributed by atoms with Crippen molar-refractivity contribution in [1.29, 1.82) is 0 Å². The monoisotopic (exact) mass is 283 g/mol. The van der Waals surface area contributed by atoms with Crippen LogP contribution >= 0.6 is 11.6 Å². The summed E-state index contributed by atoms with van der Waals surface area (Å²) >= 11 is 6.12. The lowest BCUT2D eigenvalue weighted by atomic mass is 9.85. The number of benzene rings is 1. The van der Waals surface area contributed by atoms with Crippen molar-refractivity contribution in [2.24, 2.45) is 5.41 Å². The highest BCUT2D eigenvalue weighted by Gasteiger charge is 2.33. The Balaban J connectivity index is 2.71. The summed E-state index contributed by atoms with van der Waals surface area (Å²) in [4.78, 5) is 13.4. The van der Waals surface area contributed by atoms with Crippen LogP contribution in [0.5, 0.6) is 0 Å². The fourth-order valence-electron chi connectivity index (χ4n) is 2.37. The minimum absolute atomic E-state index is 0.515. The maximum Gasteiger partial charge on any atom is 0.310 e. The second kappa shape index (κ2) is 6.92. The van der Waals surface area contributed by atoms with Crippen molar-refractivity contribution >= 4 is 17.6 Å². The average Bonchev–Trinajstić information content (AvgIpc) is 2.32. The lowest BCUT2D eigenvalue weighted by Gasteiger charge is -2.30. The van der Waals surface area contributed by atoms with E-state index in [9.17, 15) is 9.90 Å². The Bertz CT molecular complexity index is 436. The first-order valence-corrected chi connectivity index (χ1v) is 6.92. The first kappa shape index (κ1) is 16.0. The van der Waals surface area contributed by atoms with E-state index >= 15 is 0 Å². The molecule has 0 amide bonds. The van der Waals surface area contributed by atoms with Crippen molar-refractivity contribution in [1.82, 2.24) is 4.90 Å². The van der Waals surface area contributed by atoms with Crippen LogP contribution in [0.4, 0.5) is 0 Å². The summed E-state index contributed by atoms with van der Waals surface area (Å²) < 4.78 is 0. The predicted octanol–water partition coefficient (Wildman–Crippen LogP) is 3.66. The highest BCUT2D eigenvalue weighted by atomic mass is 35.5. The maximum atomic E-state index is 11.4. The van der Waals surface area contributed by atoms with Gasteiger partial charge in [0.1, 0.15) is 0 Å². The lowest BCUT2D eigenvalue weighted by Crippen LogP contribution is -2.39. The van der Waals surface area contributed by atoms with Gasteiger partial charge in [-0.05, 0) is 32.0 Å². The lowest BCUT2D eigenvalue weighted by molar-refractivity contribution is -0.149. The SMILES string of the molecule is CCCC(C)(CN(C)Cc1ccccc1Cl)C(=O)O. The van der Waals surface area contributed by atoms with Crippen molar-refractivity contribution in [2.75, 3.05) is 13.6 Å². The number of carboxylic acid groups (broad SMARTS) is 1. The largest absolute Gasteiger partial charge is 0.481 e. The highest BCUT2D eigenvalue weighted by Crippen LogP contribution is 2.26. The molecule has 4 heteroatoms. The van der Waals surface area contributed by atoms with Gasteiger partial charge in [0, 0.05) is 18.1 Å². The van der Waals surface area contributed by atoms with Crippen LogP contribution in [0.2, 0.25) is 5.02 Å². The van der Waals surface area contributed by atoms with Gasteiger partial charge in [0.15, 0.2) is 0 Å². The molecule has 0 bridgehead atoms. The molecule has 1 N–H and O–H groups in total. The Morgan fingerprint density at radius 3 is 2.58 bits per heavy atom. The third-order valence-corrected chi connectivity index (χ3v) is 3.70. The molecule has 0 aliphatic carbocycles. The predicted molar refractivity (Wildman–Crippen MR) is 78.4 cm³/mol. The van der Waals surface area contributed by atoms with Crippen LogP contribution in [-0.4, -0.2) is 29.6 Å². The van der Waals surface area contributed by atoms with Crippen molar-refractivity contribution in [3.63, 3.8) is 0 Å². The smallest absolute Gasteiger partial charge is 0.310 e. The number of hydrogen-bond acceptors (Lipinski definition) is 2. The Labute approximate surface area is 120 Å². The Morgan fingerprint density at radius 2 is 2.05 bits per heavy atom. The zero-order chi connectivity index (χ0) is 14.5. The van der Waals surface area contributed by atoms with Crippen molar-refractivity contribution in [2.45, 2.75) is 33.2 Å². The summed E-state index contributed by atoms with van der Waals surface area (Å²) in [6.07, 6.45) is 1.54. The van der Waals surface area contributed by atoms with Gasteiger partial charge in [-0.1, -0.05) is 43.1 Å². The van der Waals surface area contributed by atoms with Crippen LogP contribution in [0.25, 0.3) is 0 Å². The van der Waals surface area contributed by atoms with Crippen molar-refractivity contribution < 1.29 is 9.90 Å². The van der Waals surface area contributed by atoms with E-state index in [0.29, 0.717) is 19.5 Å². The standard InChI is InChI=1S/C15H22ClNO2/c1-4-9-15(2,14(18)19)11-17(3)10-12-7-5-6-8-13(12)16/h5-8H,4,9-11H2,1-3H3,(H,18,19). The molecule has 0 heterocycles. The number of carbonyl (C=O) groups is 1. The summed E-state index contributed by atoms with van der Waals surface area (Å²) in [5, 5.41) is 10.1. The molecule has 106 valence electrons. The van der Waals surface area contributed by atoms with E-state index in [2.05, 4.69) is 0 Å². The minimum atomic E-state index is -0.736. The molecule has 0 aliphatic rings. The van der Waals surface area contributed by atoms with Crippen molar-refractivity contribution in [3.05, 3.63) is 34.9 Å². The molecule has 1 atom stereocenters. The second-order valence-electron chi connectivity index (χ2n) is 5.38. The zero-order valence-corrected chi connectivity index (χ0v) is 12.6. The quantitative estimate of drug-likeness (QED) is 0.830. The molecule has 0 saturated carbocycles. The third-order valence-electron chi connectivity index (χ3n) is 3.34. The molecular formula is C15H22ClNO2. The molecule has 1 aromatic rings. The van der Waals surface area contributed by atoms with Gasteiger partial charge >= 0.3 is 5.97 Å². The topological polar surface area (TPSA) is 40.5 Å². The molecule has 0 radical (unpaired) electrons. The molecule has 0 spiro atoms. The maximum absolute atomic E-state index is 11.4. The van der Waals surface area contributed by atoms with Gasteiger partial charge in [0.2, 0.25) is 0 Å².